The van der Waals surface area contributed by atoms with Crippen LogP contribution in [-0.4, -0.2) is 23.6 Å². The van der Waals surface area contributed by atoms with Crippen molar-refractivity contribution in [1.82, 2.24) is 5.32 Å². The van der Waals surface area contributed by atoms with Crippen LogP contribution >= 0.6 is 15.9 Å². The van der Waals surface area contributed by atoms with Crippen LogP contribution in [0, 0.1) is 5.41 Å². The predicted molar refractivity (Wildman–Crippen MR) is 53.8 cm³/mol. The van der Waals surface area contributed by atoms with Gasteiger partial charge in [-0.2, -0.15) is 0 Å². The highest BCUT2D eigenvalue weighted by molar-refractivity contribution is 9.09. The quantitative estimate of drug-likeness (QED) is 0.761. The van der Waals surface area contributed by atoms with E-state index in [1.54, 1.807) is 0 Å². The summed E-state index contributed by atoms with van der Waals surface area (Å²) < 4.78 is 0. The molecule has 0 heterocycles. The lowest BCUT2D eigenvalue weighted by atomic mass is 9.66. The molecule has 0 radical (unpaired) electrons. The Labute approximate surface area is 86.4 Å². The lowest BCUT2D eigenvalue weighted by Crippen LogP contribution is -2.47. The maximum Gasteiger partial charge on any atom is 0.216 e. The first kappa shape index (κ1) is 10.7. The fourth-order valence-electron chi connectivity index (χ4n) is 1.59. The van der Waals surface area contributed by atoms with E-state index in [4.69, 9.17) is 0 Å². The summed E-state index contributed by atoms with van der Waals surface area (Å²) in [7, 11) is 0. The summed E-state index contributed by atoms with van der Waals surface area (Å²) in [6, 6.07) is 0. The number of ketones is 1. The molecule has 0 aromatic rings. The van der Waals surface area contributed by atoms with Gasteiger partial charge in [-0.25, -0.2) is 0 Å². The summed E-state index contributed by atoms with van der Waals surface area (Å²) in [5.41, 5.74) is -0.255. The molecule has 0 spiro atoms. The first-order valence-corrected chi connectivity index (χ1v) is 5.56. The van der Waals surface area contributed by atoms with Crippen molar-refractivity contribution >= 4 is 27.6 Å². The minimum absolute atomic E-state index is 0.0614. The maximum atomic E-state index is 11.5. The SMILES string of the molecule is CC(=O)NCC1(C(=O)CBr)CCC1. The highest BCUT2D eigenvalue weighted by Gasteiger charge is 2.42. The van der Waals surface area contributed by atoms with E-state index in [0.717, 1.165) is 19.3 Å². The Balaban J connectivity index is 2.49. The number of Topliss-reactive ketones (excluding diaryl/α,β-unsaturated/α-hetero) is 1. The Kier molecular flexibility index (Phi) is 3.47. The van der Waals surface area contributed by atoms with Crippen molar-refractivity contribution in [2.75, 3.05) is 11.9 Å². The van der Waals surface area contributed by atoms with Crippen LogP contribution in [0.25, 0.3) is 0 Å². The van der Waals surface area contributed by atoms with Crippen molar-refractivity contribution < 1.29 is 9.59 Å². The summed E-state index contributed by atoms with van der Waals surface area (Å²) in [5.74, 6) is 0.154. The number of hydrogen-bond donors (Lipinski definition) is 1. The summed E-state index contributed by atoms with van der Waals surface area (Å²) in [5, 5.41) is 3.12. The number of carbonyl (C=O) groups is 2. The van der Waals surface area contributed by atoms with Crippen molar-refractivity contribution in [1.29, 1.82) is 0 Å². The molecule has 74 valence electrons. The Morgan fingerprint density at radius 3 is 2.38 bits per heavy atom. The van der Waals surface area contributed by atoms with E-state index < -0.39 is 0 Å². The van der Waals surface area contributed by atoms with Crippen molar-refractivity contribution in [3.8, 4) is 0 Å². The van der Waals surface area contributed by atoms with Gasteiger partial charge in [0.25, 0.3) is 0 Å². The molecule has 1 aliphatic rings. The van der Waals surface area contributed by atoms with Crippen LogP contribution in [0.15, 0.2) is 0 Å². The Hall–Kier alpha value is -0.380. The van der Waals surface area contributed by atoms with Crippen molar-refractivity contribution in [3.05, 3.63) is 0 Å². The van der Waals surface area contributed by atoms with Crippen LogP contribution in [0.1, 0.15) is 26.2 Å². The van der Waals surface area contributed by atoms with E-state index in [1.165, 1.54) is 6.92 Å². The standard InChI is InChI=1S/C9H14BrNO2/c1-7(12)11-6-9(3-2-4-9)8(13)5-10/h2-6H2,1H3,(H,11,12). The second kappa shape index (κ2) is 4.22. The molecule has 0 aromatic heterocycles. The van der Waals surface area contributed by atoms with Crippen LogP contribution in [0.2, 0.25) is 0 Å². The molecule has 1 amide bonds. The third-order valence-electron chi connectivity index (χ3n) is 2.70. The molecule has 0 bridgehead atoms. The van der Waals surface area contributed by atoms with Gasteiger partial charge in [0.2, 0.25) is 5.91 Å². The zero-order valence-electron chi connectivity index (χ0n) is 7.73. The highest BCUT2D eigenvalue weighted by Crippen LogP contribution is 2.41. The van der Waals surface area contributed by atoms with E-state index in [-0.39, 0.29) is 17.1 Å². The maximum absolute atomic E-state index is 11.5. The van der Waals surface area contributed by atoms with Crippen LogP contribution in [0.3, 0.4) is 0 Å². The molecule has 1 rings (SSSR count). The molecule has 3 nitrogen and oxygen atoms in total. The van der Waals surface area contributed by atoms with Gasteiger partial charge in [0.1, 0.15) is 0 Å². The lowest BCUT2D eigenvalue weighted by Gasteiger charge is -2.40. The summed E-state index contributed by atoms with van der Waals surface area (Å²) >= 11 is 3.17. The molecule has 1 N–H and O–H groups in total. The Morgan fingerprint density at radius 2 is 2.08 bits per heavy atom. The second-order valence-electron chi connectivity index (χ2n) is 3.60. The van der Waals surface area contributed by atoms with E-state index in [2.05, 4.69) is 21.2 Å². The molecule has 1 aliphatic carbocycles. The van der Waals surface area contributed by atoms with Crippen molar-refractivity contribution in [2.24, 2.45) is 5.41 Å². The van der Waals surface area contributed by atoms with Crippen LogP contribution in [0.5, 0.6) is 0 Å². The van der Waals surface area contributed by atoms with Gasteiger partial charge in [-0.05, 0) is 12.8 Å². The molecule has 0 aromatic carbocycles. The second-order valence-corrected chi connectivity index (χ2v) is 4.16. The first-order chi connectivity index (χ1) is 6.10. The molecule has 4 heteroatoms. The van der Waals surface area contributed by atoms with E-state index in [9.17, 15) is 9.59 Å². The van der Waals surface area contributed by atoms with Crippen LogP contribution in [-0.2, 0) is 9.59 Å². The largest absolute Gasteiger partial charge is 0.355 e. The first-order valence-electron chi connectivity index (χ1n) is 4.44. The summed E-state index contributed by atoms with van der Waals surface area (Å²) in [6.07, 6.45) is 2.92. The number of halogens is 1. The lowest BCUT2D eigenvalue weighted by molar-refractivity contribution is -0.131. The monoisotopic (exact) mass is 247 g/mol. The number of hydrogen-bond acceptors (Lipinski definition) is 2. The minimum Gasteiger partial charge on any atom is -0.355 e. The minimum atomic E-state index is -0.255. The third kappa shape index (κ3) is 2.30. The molecular formula is C9H14BrNO2. The van der Waals surface area contributed by atoms with Gasteiger partial charge in [-0.1, -0.05) is 22.4 Å². The van der Waals surface area contributed by atoms with Crippen molar-refractivity contribution in [3.63, 3.8) is 0 Å². The topological polar surface area (TPSA) is 46.2 Å². The molecule has 1 saturated carbocycles. The molecule has 0 atom stereocenters. The fraction of sp³-hybridized carbons (Fsp3) is 0.778. The normalized spacial score (nSPS) is 18.9. The van der Waals surface area contributed by atoms with E-state index in [0.29, 0.717) is 11.9 Å². The summed E-state index contributed by atoms with van der Waals surface area (Å²) in [4.78, 5) is 22.2. The highest BCUT2D eigenvalue weighted by atomic mass is 79.9. The van der Waals surface area contributed by atoms with Gasteiger partial charge >= 0.3 is 0 Å². The van der Waals surface area contributed by atoms with Crippen molar-refractivity contribution in [2.45, 2.75) is 26.2 Å². The van der Waals surface area contributed by atoms with Crippen LogP contribution < -0.4 is 5.32 Å². The number of carbonyl (C=O) groups excluding carboxylic acids is 2. The van der Waals surface area contributed by atoms with Gasteiger partial charge in [0.15, 0.2) is 5.78 Å². The average Bonchev–Trinajstić information content (AvgIpc) is 2.01. The number of amides is 1. The van der Waals surface area contributed by atoms with Gasteiger partial charge in [-0.3, -0.25) is 9.59 Å². The number of nitrogens with one attached hydrogen (secondary N) is 1. The Bertz CT molecular complexity index is 224. The number of alkyl halides is 1. The predicted octanol–water partition coefficient (Wildman–Crippen LogP) is 1.26. The third-order valence-corrected chi connectivity index (χ3v) is 3.21. The fourth-order valence-corrected chi connectivity index (χ4v) is 2.19. The molecule has 13 heavy (non-hydrogen) atoms. The van der Waals surface area contributed by atoms with Gasteiger partial charge in [0.05, 0.1) is 5.33 Å². The molecule has 0 saturated heterocycles. The molecule has 0 unspecified atom stereocenters. The van der Waals surface area contributed by atoms with E-state index in [1.807, 2.05) is 0 Å². The number of rotatable bonds is 4. The summed E-state index contributed by atoms with van der Waals surface area (Å²) in [6.45, 7) is 1.98. The average molecular weight is 248 g/mol. The molecular weight excluding hydrogens is 234 g/mol. The zero-order chi connectivity index (χ0) is 9.90. The Morgan fingerprint density at radius 1 is 1.46 bits per heavy atom. The van der Waals surface area contributed by atoms with Gasteiger partial charge < -0.3 is 5.32 Å². The molecule has 1 fully saturated rings. The van der Waals surface area contributed by atoms with Gasteiger partial charge in [-0.15, -0.1) is 0 Å². The van der Waals surface area contributed by atoms with E-state index >= 15 is 0 Å². The zero-order valence-corrected chi connectivity index (χ0v) is 9.32. The molecule has 0 aliphatic heterocycles. The van der Waals surface area contributed by atoms with Gasteiger partial charge in [0, 0.05) is 18.9 Å². The smallest absolute Gasteiger partial charge is 0.216 e. The van der Waals surface area contributed by atoms with Crippen LogP contribution in [0.4, 0.5) is 0 Å².